The predicted molar refractivity (Wildman–Crippen MR) is 97.5 cm³/mol. The molecule has 2 fully saturated rings. The number of nitrogens with one attached hydrogen (secondary N) is 2. The van der Waals surface area contributed by atoms with E-state index in [9.17, 15) is 22.0 Å². The molecule has 2 aliphatic rings. The summed E-state index contributed by atoms with van der Waals surface area (Å²) in [5.41, 5.74) is -0.0661. The van der Waals surface area contributed by atoms with Gasteiger partial charge in [0.1, 0.15) is 0 Å². The van der Waals surface area contributed by atoms with Crippen molar-refractivity contribution < 1.29 is 26.4 Å². The van der Waals surface area contributed by atoms with Gasteiger partial charge in [-0.1, -0.05) is 0 Å². The first-order valence-electron chi connectivity index (χ1n) is 9.16. The maximum absolute atomic E-state index is 13.3. The van der Waals surface area contributed by atoms with Gasteiger partial charge in [0.2, 0.25) is 15.9 Å². The van der Waals surface area contributed by atoms with Gasteiger partial charge < -0.3 is 14.6 Å². The van der Waals surface area contributed by atoms with Crippen LogP contribution >= 0.6 is 0 Å². The number of hydrogen-bond acceptors (Lipinski definition) is 7. The van der Waals surface area contributed by atoms with E-state index in [-0.39, 0.29) is 36.3 Å². The second-order valence-corrected chi connectivity index (χ2v) is 9.00. The van der Waals surface area contributed by atoms with Gasteiger partial charge in [-0.3, -0.25) is 9.52 Å². The number of carbonyl (C=O) groups is 1. The van der Waals surface area contributed by atoms with E-state index in [2.05, 4.69) is 20.2 Å². The molecule has 9 nitrogen and oxygen atoms in total. The molecule has 2 aromatic rings. The van der Waals surface area contributed by atoms with Crippen molar-refractivity contribution in [3.63, 3.8) is 0 Å². The van der Waals surface area contributed by atoms with Gasteiger partial charge >= 0.3 is 11.8 Å². The van der Waals surface area contributed by atoms with E-state index in [0.717, 1.165) is 31.0 Å². The molecule has 0 radical (unpaired) electrons. The number of rotatable bonds is 5. The van der Waals surface area contributed by atoms with E-state index in [4.69, 9.17) is 4.42 Å². The van der Waals surface area contributed by atoms with Crippen molar-refractivity contribution in [3.8, 4) is 0 Å². The summed E-state index contributed by atoms with van der Waals surface area (Å²) < 4.78 is 59.2. The normalized spacial score (nSPS) is 22.2. The number of halogens is 2. The van der Waals surface area contributed by atoms with Crippen LogP contribution in [0, 0.1) is 11.6 Å². The minimum atomic E-state index is -3.87. The lowest BCUT2D eigenvalue weighted by atomic mass is 10.2. The summed E-state index contributed by atoms with van der Waals surface area (Å²) in [5, 5.41) is 9.79. The summed E-state index contributed by atoms with van der Waals surface area (Å²) in [7, 11) is -3.87. The standard InChI is InChI=1S/C17H19F2N5O4S/c18-12-4-3-10(7-13(12)19)23-29(26,27)11-8-14(20-9-11)15-21-22-16(28-15)17(25)24-5-1-2-6-24/h3-4,7,11,14,20,23H,1-2,5-6,8-9H2. The fourth-order valence-electron chi connectivity index (χ4n) is 3.45. The molecule has 1 aromatic heterocycles. The Bertz CT molecular complexity index is 1020. The van der Waals surface area contributed by atoms with E-state index in [1.54, 1.807) is 4.90 Å². The molecular formula is C17H19F2N5O4S. The molecule has 2 saturated heterocycles. The highest BCUT2D eigenvalue weighted by molar-refractivity contribution is 7.93. The van der Waals surface area contributed by atoms with Crippen LogP contribution in [0.2, 0.25) is 0 Å². The molecular weight excluding hydrogens is 408 g/mol. The Morgan fingerprint density at radius 1 is 1.21 bits per heavy atom. The molecule has 2 unspecified atom stereocenters. The first-order chi connectivity index (χ1) is 13.8. The van der Waals surface area contributed by atoms with E-state index < -0.39 is 32.9 Å². The molecule has 0 saturated carbocycles. The van der Waals surface area contributed by atoms with Crippen molar-refractivity contribution in [2.24, 2.45) is 0 Å². The van der Waals surface area contributed by atoms with Crippen molar-refractivity contribution >= 4 is 21.6 Å². The van der Waals surface area contributed by atoms with Gasteiger partial charge in [0.15, 0.2) is 11.6 Å². The summed E-state index contributed by atoms with van der Waals surface area (Å²) in [6.45, 7) is 1.39. The highest BCUT2D eigenvalue weighted by atomic mass is 32.2. The number of sulfonamides is 1. The van der Waals surface area contributed by atoms with Crippen LogP contribution < -0.4 is 10.0 Å². The first kappa shape index (κ1) is 19.7. The van der Waals surface area contributed by atoms with Crippen LogP contribution in [0.3, 0.4) is 0 Å². The van der Waals surface area contributed by atoms with Crippen molar-refractivity contribution in [3.05, 3.63) is 41.6 Å². The lowest BCUT2D eigenvalue weighted by Crippen LogP contribution is -2.29. The van der Waals surface area contributed by atoms with Crippen molar-refractivity contribution in [2.45, 2.75) is 30.6 Å². The summed E-state index contributed by atoms with van der Waals surface area (Å²) in [5.74, 6) is -2.52. The molecule has 2 atom stereocenters. The van der Waals surface area contributed by atoms with Gasteiger partial charge in [-0.25, -0.2) is 17.2 Å². The quantitative estimate of drug-likeness (QED) is 0.741. The third-order valence-electron chi connectivity index (χ3n) is 5.02. The zero-order chi connectivity index (χ0) is 20.6. The molecule has 29 heavy (non-hydrogen) atoms. The molecule has 1 amide bonds. The van der Waals surface area contributed by atoms with E-state index in [0.29, 0.717) is 13.1 Å². The Balaban J connectivity index is 1.42. The van der Waals surface area contributed by atoms with Gasteiger partial charge in [-0.05, 0) is 31.4 Å². The molecule has 1 aromatic carbocycles. The third kappa shape index (κ3) is 4.08. The largest absolute Gasteiger partial charge is 0.415 e. The zero-order valence-electron chi connectivity index (χ0n) is 15.3. The Labute approximate surface area is 165 Å². The van der Waals surface area contributed by atoms with Gasteiger partial charge in [-0.2, -0.15) is 0 Å². The monoisotopic (exact) mass is 427 g/mol. The molecule has 156 valence electrons. The lowest BCUT2D eigenvalue weighted by Gasteiger charge is -2.13. The first-order valence-corrected chi connectivity index (χ1v) is 10.7. The number of nitrogens with zero attached hydrogens (tertiary/aromatic N) is 3. The Morgan fingerprint density at radius 3 is 2.69 bits per heavy atom. The summed E-state index contributed by atoms with van der Waals surface area (Å²) in [6.07, 6.45) is 1.99. The van der Waals surface area contributed by atoms with Gasteiger partial charge in [0, 0.05) is 25.7 Å². The topological polar surface area (TPSA) is 117 Å². The number of benzene rings is 1. The number of aromatic nitrogens is 2. The molecule has 4 rings (SSSR count). The average molecular weight is 427 g/mol. The minimum absolute atomic E-state index is 0.0661. The van der Waals surface area contributed by atoms with Crippen LogP contribution in [0.4, 0.5) is 14.5 Å². The van der Waals surface area contributed by atoms with Gasteiger partial charge in [0.25, 0.3) is 0 Å². The van der Waals surface area contributed by atoms with Gasteiger partial charge in [-0.15, -0.1) is 10.2 Å². The van der Waals surface area contributed by atoms with Crippen LogP contribution in [0.25, 0.3) is 0 Å². The number of anilines is 1. The summed E-state index contributed by atoms with van der Waals surface area (Å²) in [4.78, 5) is 13.9. The average Bonchev–Trinajstić information content (AvgIpc) is 3.44. The van der Waals surface area contributed by atoms with Crippen molar-refractivity contribution in [2.75, 3.05) is 24.4 Å². The smallest absolute Gasteiger partial charge is 0.311 e. The fourth-order valence-corrected chi connectivity index (χ4v) is 4.84. The predicted octanol–water partition coefficient (Wildman–Crippen LogP) is 1.43. The van der Waals surface area contributed by atoms with Crippen molar-refractivity contribution in [1.82, 2.24) is 20.4 Å². The maximum Gasteiger partial charge on any atom is 0.311 e. The third-order valence-corrected chi connectivity index (χ3v) is 6.78. The SMILES string of the molecule is O=C(c1nnc(C2CC(S(=O)(=O)Nc3ccc(F)c(F)c3)CN2)o1)N1CCCC1. The molecule has 2 aliphatic heterocycles. The van der Waals surface area contributed by atoms with Crippen LogP contribution in [-0.2, 0) is 10.0 Å². The molecule has 2 N–H and O–H groups in total. The number of amides is 1. The maximum atomic E-state index is 13.3. The molecule has 12 heteroatoms. The highest BCUT2D eigenvalue weighted by Crippen LogP contribution is 2.28. The van der Waals surface area contributed by atoms with Crippen LogP contribution in [0.15, 0.2) is 22.6 Å². The zero-order valence-corrected chi connectivity index (χ0v) is 16.1. The molecule has 3 heterocycles. The Kier molecular flexibility index (Phi) is 5.21. The van der Waals surface area contributed by atoms with E-state index in [1.165, 1.54) is 0 Å². The Morgan fingerprint density at radius 2 is 1.97 bits per heavy atom. The molecule has 0 spiro atoms. The highest BCUT2D eigenvalue weighted by Gasteiger charge is 2.38. The van der Waals surface area contributed by atoms with Crippen molar-refractivity contribution in [1.29, 1.82) is 0 Å². The van der Waals surface area contributed by atoms with E-state index >= 15 is 0 Å². The second-order valence-electron chi connectivity index (χ2n) is 7.04. The minimum Gasteiger partial charge on any atom is -0.415 e. The summed E-state index contributed by atoms with van der Waals surface area (Å²) in [6, 6.07) is 2.24. The van der Waals surface area contributed by atoms with Crippen LogP contribution in [0.5, 0.6) is 0 Å². The lowest BCUT2D eigenvalue weighted by molar-refractivity contribution is 0.0750. The number of carbonyl (C=O) groups excluding carboxylic acids is 1. The number of hydrogen-bond donors (Lipinski definition) is 2. The van der Waals surface area contributed by atoms with Crippen LogP contribution in [-0.4, -0.2) is 54.3 Å². The van der Waals surface area contributed by atoms with Crippen LogP contribution in [0.1, 0.15) is 41.9 Å². The molecule has 0 aliphatic carbocycles. The fraction of sp³-hybridized carbons (Fsp3) is 0.471. The number of likely N-dealkylation sites (tertiary alicyclic amines) is 1. The second kappa shape index (κ2) is 7.67. The Hall–Kier alpha value is -2.60. The molecule has 0 bridgehead atoms. The van der Waals surface area contributed by atoms with Gasteiger partial charge in [0.05, 0.1) is 17.0 Å². The van der Waals surface area contributed by atoms with E-state index in [1.807, 2.05) is 0 Å². The summed E-state index contributed by atoms with van der Waals surface area (Å²) >= 11 is 0.